The summed E-state index contributed by atoms with van der Waals surface area (Å²) in [5, 5.41) is 2.96. The molecule has 4 unspecified atom stereocenters. The van der Waals surface area contributed by atoms with Crippen LogP contribution < -0.4 is 11.1 Å². The van der Waals surface area contributed by atoms with Gasteiger partial charge in [0.25, 0.3) is 0 Å². The quantitative estimate of drug-likeness (QED) is 0.796. The van der Waals surface area contributed by atoms with Crippen LogP contribution in [0.2, 0.25) is 0 Å². The van der Waals surface area contributed by atoms with Crippen molar-refractivity contribution in [1.82, 2.24) is 10.2 Å². The largest absolute Gasteiger partial charge is 0.355 e. The molecule has 4 nitrogen and oxygen atoms in total. The molecule has 4 atom stereocenters. The number of amides is 1. The molecule has 1 aliphatic heterocycles. The van der Waals surface area contributed by atoms with E-state index in [4.69, 9.17) is 5.73 Å². The van der Waals surface area contributed by atoms with Gasteiger partial charge in [0.1, 0.15) is 0 Å². The first-order valence-electron chi connectivity index (χ1n) is 7.99. The molecule has 4 heteroatoms. The number of nitrogens with zero attached hydrogens (tertiary/aromatic N) is 1. The fraction of sp³-hybridized carbons (Fsp3) is 0.933. The standard InChI is InChI=1S/C15H27N3O/c16-5-6-17-15(19)13-2-1-7-18(10-13)14-9-11-3-4-12(14)8-11/h11-14H,1-10,16H2,(H,17,19). The second kappa shape index (κ2) is 5.80. The van der Waals surface area contributed by atoms with E-state index >= 15 is 0 Å². The van der Waals surface area contributed by atoms with E-state index < -0.39 is 0 Å². The smallest absolute Gasteiger partial charge is 0.224 e. The van der Waals surface area contributed by atoms with Gasteiger partial charge in [-0.25, -0.2) is 0 Å². The molecule has 108 valence electrons. The van der Waals surface area contributed by atoms with Crippen molar-refractivity contribution in [2.45, 2.75) is 44.6 Å². The Labute approximate surface area is 116 Å². The zero-order chi connectivity index (χ0) is 13.2. The second-order valence-electron chi connectivity index (χ2n) is 6.66. The highest BCUT2D eigenvalue weighted by atomic mass is 16.1. The number of nitrogens with two attached hydrogens (primary N) is 1. The molecular weight excluding hydrogens is 238 g/mol. The van der Waals surface area contributed by atoms with Gasteiger partial charge in [-0.15, -0.1) is 0 Å². The summed E-state index contributed by atoms with van der Waals surface area (Å²) in [5.74, 6) is 2.33. The molecule has 0 aromatic carbocycles. The summed E-state index contributed by atoms with van der Waals surface area (Å²) in [4.78, 5) is 14.7. The lowest BCUT2D eigenvalue weighted by molar-refractivity contribution is -0.127. The van der Waals surface area contributed by atoms with Crippen molar-refractivity contribution in [2.24, 2.45) is 23.5 Å². The SMILES string of the molecule is NCCNC(=O)C1CCCN(C2CC3CCC2C3)C1. The Morgan fingerprint density at radius 1 is 1.26 bits per heavy atom. The molecule has 3 fully saturated rings. The first-order valence-corrected chi connectivity index (χ1v) is 7.99. The van der Waals surface area contributed by atoms with Crippen LogP contribution >= 0.6 is 0 Å². The van der Waals surface area contributed by atoms with Gasteiger partial charge in [0, 0.05) is 25.7 Å². The van der Waals surface area contributed by atoms with E-state index in [9.17, 15) is 4.79 Å². The van der Waals surface area contributed by atoms with Crippen LogP contribution in [0.25, 0.3) is 0 Å². The highest BCUT2D eigenvalue weighted by molar-refractivity contribution is 5.78. The van der Waals surface area contributed by atoms with Crippen molar-refractivity contribution < 1.29 is 4.79 Å². The maximum atomic E-state index is 12.1. The molecule has 19 heavy (non-hydrogen) atoms. The van der Waals surface area contributed by atoms with Crippen LogP contribution in [0.4, 0.5) is 0 Å². The summed E-state index contributed by atoms with van der Waals surface area (Å²) >= 11 is 0. The molecule has 1 saturated heterocycles. The molecule has 0 aromatic rings. The van der Waals surface area contributed by atoms with E-state index in [0.29, 0.717) is 13.1 Å². The molecule has 2 aliphatic carbocycles. The molecule has 3 N–H and O–H groups in total. The lowest BCUT2D eigenvalue weighted by atomic mass is 9.89. The Bertz CT molecular complexity index is 333. The normalized spacial score (nSPS) is 38.6. The summed E-state index contributed by atoms with van der Waals surface area (Å²) in [7, 11) is 0. The molecule has 1 amide bonds. The first-order chi connectivity index (χ1) is 9.28. The fourth-order valence-electron chi connectivity index (χ4n) is 4.52. The Morgan fingerprint density at radius 3 is 2.84 bits per heavy atom. The molecule has 2 bridgehead atoms. The zero-order valence-electron chi connectivity index (χ0n) is 11.8. The zero-order valence-corrected chi connectivity index (χ0v) is 11.8. The number of piperidine rings is 1. The lowest BCUT2D eigenvalue weighted by Gasteiger charge is -2.39. The number of nitrogens with one attached hydrogen (secondary N) is 1. The van der Waals surface area contributed by atoms with E-state index in [1.165, 1.54) is 38.6 Å². The van der Waals surface area contributed by atoms with E-state index in [1.807, 2.05) is 0 Å². The molecule has 3 aliphatic rings. The molecule has 0 radical (unpaired) electrons. The molecule has 0 spiro atoms. The van der Waals surface area contributed by atoms with Gasteiger partial charge in [0.15, 0.2) is 0 Å². The van der Waals surface area contributed by atoms with Gasteiger partial charge in [-0.05, 0) is 50.5 Å². The van der Waals surface area contributed by atoms with Gasteiger partial charge in [0.05, 0.1) is 5.92 Å². The number of likely N-dealkylation sites (tertiary alicyclic amines) is 1. The van der Waals surface area contributed by atoms with Crippen molar-refractivity contribution in [3.05, 3.63) is 0 Å². The summed E-state index contributed by atoms with van der Waals surface area (Å²) in [5.41, 5.74) is 5.45. The average molecular weight is 265 g/mol. The van der Waals surface area contributed by atoms with Crippen LogP contribution in [0.15, 0.2) is 0 Å². The van der Waals surface area contributed by atoms with Crippen molar-refractivity contribution in [2.75, 3.05) is 26.2 Å². The number of fused-ring (bicyclic) bond motifs is 2. The van der Waals surface area contributed by atoms with Crippen LogP contribution in [0.3, 0.4) is 0 Å². The minimum absolute atomic E-state index is 0.194. The third kappa shape index (κ3) is 2.79. The number of carbonyl (C=O) groups is 1. The van der Waals surface area contributed by atoms with Crippen LogP contribution in [-0.4, -0.2) is 43.0 Å². The summed E-state index contributed by atoms with van der Waals surface area (Å²) in [6.07, 6.45) is 7.95. The van der Waals surface area contributed by atoms with Gasteiger partial charge in [-0.1, -0.05) is 6.42 Å². The van der Waals surface area contributed by atoms with Crippen molar-refractivity contribution >= 4 is 5.91 Å². The van der Waals surface area contributed by atoms with Crippen LogP contribution in [-0.2, 0) is 4.79 Å². The van der Waals surface area contributed by atoms with Gasteiger partial charge in [0.2, 0.25) is 5.91 Å². The fourth-order valence-corrected chi connectivity index (χ4v) is 4.52. The predicted molar refractivity (Wildman–Crippen MR) is 75.6 cm³/mol. The predicted octanol–water partition coefficient (Wildman–Crippen LogP) is 0.962. The van der Waals surface area contributed by atoms with Crippen molar-refractivity contribution in [3.8, 4) is 0 Å². The molecule has 1 heterocycles. The Hall–Kier alpha value is -0.610. The number of hydrogen-bond acceptors (Lipinski definition) is 3. The number of rotatable bonds is 4. The molecule has 3 rings (SSSR count). The maximum absolute atomic E-state index is 12.1. The summed E-state index contributed by atoms with van der Waals surface area (Å²) < 4.78 is 0. The Kier molecular flexibility index (Phi) is 4.08. The van der Waals surface area contributed by atoms with Gasteiger partial charge in [-0.3, -0.25) is 9.69 Å². The minimum Gasteiger partial charge on any atom is -0.355 e. The minimum atomic E-state index is 0.194. The Balaban J connectivity index is 1.54. The topological polar surface area (TPSA) is 58.4 Å². The van der Waals surface area contributed by atoms with Crippen LogP contribution in [0, 0.1) is 17.8 Å². The highest BCUT2D eigenvalue weighted by Gasteiger charge is 2.43. The maximum Gasteiger partial charge on any atom is 0.224 e. The molecular formula is C15H27N3O. The second-order valence-corrected chi connectivity index (χ2v) is 6.66. The van der Waals surface area contributed by atoms with Crippen molar-refractivity contribution in [3.63, 3.8) is 0 Å². The van der Waals surface area contributed by atoms with Gasteiger partial charge >= 0.3 is 0 Å². The number of hydrogen-bond donors (Lipinski definition) is 2. The monoisotopic (exact) mass is 265 g/mol. The summed E-state index contributed by atoms with van der Waals surface area (Å²) in [6.45, 7) is 3.33. The van der Waals surface area contributed by atoms with Gasteiger partial charge < -0.3 is 11.1 Å². The average Bonchev–Trinajstić information content (AvgIpc) is 3.07. The van der Waals surface area contributed by atoms with Gasteiger partial charge in [-0.2, -0.15) is 0 Å². The number of carbonyl (C=O) groups excluding carboxylic acids is 1. The summed E-state index contributed by atoms with van der Waals surface area (Å²) in [6, 6.07) is 0.781. The van der Waals surface area contributed by atoms with E-state index in [2.05, 4.69) is 10.2 Å². The van der Waals surface area contributed by atoms with Crippen molar-refractivity contribution in [1.29, 1.82) is 0 Å². The van der Waals surface area contributed by atoms with Crippen LogP contribution in [0.1, 0.15) is 38.5 Å². The lowest BCUT2D eigenvalue weighted by Crippen LogP contribution is -2.49. The van der Waals surface area contributed by atoms with E-state index in [-0.39, 0.29) is 11.8 Å². The van der Waals surface area contributed by atoms with Crippen LogP contribution in [0.5, 0.6) is 0 Å². The Morgan fingerprint density at radius 2 is 2.16 bits per heavy atom. The first kappa shape index (κ1) is 13.4. The third-order valence-electron chi connectivity index (χ3n) is 5.44. The molecule has 2 saturated carbocycles. The molecule has 0 aromatic heterocycles. The highest BCUT2D eigenvalue weighted by Crippen LogP contribution is 2.47. The van der Waals surface area contributed by atoms with E-state index in [1.54, 1.807) is 0 Å². The van der Waals surface area contributed by atoms with E-state index in [0.717, 1.165) is 30.8 Å². The third-order valence-corrected chi connectivity index (χ3v) is 5.44.